The number of hydrogen-bond acceptors (Lipinski definition) is 2. The lowest BCUT2D eigenvalue weighted by Crippen LogP contribution is -2.50. The summed E-state index contributed by atoms with van der Waals surface area (Å²) in [5, 5.41) is 11.8. The summed E-state index contributed by atoms with van der Waals surface area (Å²) >= 11 is 0. The molecular formula is C13H24N2O3. The number of rotatable bonds is 6. The average molecular weight is 256 g/mol. The van der Waals surface area contributed by atoms with E-state index in [1.165, 1.54) is 4.90 Å². The summed E-state index contributed by atoms with van der Waals surface area (Å²) in [4.78, 5) is 24.5. The molecule has 5 heteroatoms. The zero-order valence-corrected chi connectivity index (χ0v) is 11.3. The molecule has 0 radical (unpaired) electrons. The molecular weight excluding hydrogens is 232 g/mol. The van der Waals surface area contributed by atoms with Crippen LogP contribution in [0.1, 0.15) is 52.4 Å². The molecule has 0 atom stereocenters. The Bertz CT molecular complexity index is 284. The third-order valence-corrected chi connectivity index (χ3v) is 3.65. The summed E-state index contributed by atoms with van der Waals surface area (Å²) in [5.74, 6) is -0.943. The van der Waals surface area contributed by atoms with Gasteiger partial charge in [0.05, 0.1) is 0 Å². The molecule has 0 aromatic heterocycles. The molecule has 0 aromatic rings. The lowest BCUT2D eigenvalue weighted by Gasteiger charge is -2.29. The number of amides is 2. The van der Waals surface area contributed by atoms with Crippen molar-refractivity contribution in [2.45, 2.75) is 64.5 Å². The second-order valence-electron chi connectivity index (χ2n) is 4.92. The molecule has 1 fully saturated rings. The van der Waals surface area contributed by atoms with Crippen LogP contribution in [0.2, 0.25) is 0 Å². The monoisotopic (exact) mass is 256 g/mol. The lowest BCUT2D eigenvalue weighted by molar-refractivity contribution is -0.138. The Labute approximate surface area is 109 Å². The highest BCUT2D eigenvalue weighted by Crippen LogP contribution is 2.23. The van der Waals surface area contributed by atoms with Crippen LogP contribution in [0, 0.1) is 0 Å². The van der Waals surface area contributed by atoms with Crippen molar-refractivity contribution in [3.63, 3.8) is 0 Å². The Morgan fingerprint density at radius 2 is 1.83 bits per heavy atom. The smallest absolute Gasteiger partial charge is 0.323 e. The number of carbonyl (C=O) groups excluding carboxylic acids is 1. The molecule has 0 unspecified atom stereocenters. The van der Waals surface area contributed by atoms with Crippen LogP contribution in [0.4, 0.5) is 4.79 Å². The molecule has 0 spiro atoms. The Morgan fingerprint density at radius 3 is 2.28 bits per heavy atom. The minimum absolute atomic E-state index is 0.0930. The average Bonchev–Trinajstić information content (AvgIpc) is 2.86. The van der Waals surface area contributed by atoms with E-state index in [9.17, 15) is 9.59 Å². The van der Waals surface area contributed by atoms with Gasteiger partial charge in [-0.2, -0.15) is 0 Å². The van der Waals surface area contributed by atoms with Crippen LogP contribution >= 0.6 is 0 Å². The molecule has 2 N–H and O–H groups in total. The van der Waals surface area contributed by atoms with Gasteiger partial charge in [-0.25, -0.2) is 4.79 Å². The maximum Gasteiger partial charge on any atom is 0.323 e. The van der Waals surface area contributed by atoms with E-state index >= 15 is 0 Å². The number of carboxylic acids is 1. The highest BCUT2D eigenvalue weighted by atomic mass is 16.4. The predicted molar refractivity (Wildman–Crippen MR) is 69.5 cm³/mol. The van der Waals surface area contributed by atoms with Gasteiger partial charge in [0.25, 0.3) is 0 Å². The molecule has 1 saturated carbocycles. The van der Waals surface area contributed by atoms with Gasteiger partial charge in [0.1, 0.15) is 6.54 Å². The fraction of sp³-hybridized carbons (Fsp3) is 0.846. The second kappa shape index (κ2) is 7.24. The largest absolute Gasteiger partial charge is 0.480 e. The first kappa shape index (κ1) is 14.8. The van der Waals surface area contributed by atoms with Gasteiger partial charge >= 0.3 is 12.0 Å². The number of hydrogen-bond donors (Lipinski definition) is 2. The zero-order chi connectivity index (χ0) is 13.5. The van der Waals surface area contributed by atoms with Gasteiger partial charge in [-0.05, 0) is 25.7 Å². The highest BCUT2D eigenvalue weighted by Gasteiger charge is 2.28. The molecule has 18 heavy (non-hydrogen) atoms. The van der Waals surface area contributed by atoms with Crippen LogP contribution in [-0.4, -0.2) is 40.6 Å². The van der Waals surface area contributed by atoms with Crippen molar-refractivity contribution in [3.05, 3.63) is 0 Å². The van der Waals surface area contributed by atoms with Gasteiger partial charge < -0.3 is 15.3 Å². The molecule has 0 heterocycles. The van der Waals surface area contributed by atoms with E-state index in [4.69, 9.17) is 5.11 Å². The molecule has 104 valence electrons. The van der Waals surface area contributed by atoms with Crippen molar-refractivity contribution in [3.8, 4) is 0 Å². The van der Waals surface area contributed by atoms with E-state index in [1.807, 2.05) is 13.8 Å². The van der Waals surface area contributed by atoms with E-state index in [1.54, 1.807) is 0 Å². The Hall–Kier alpha value is -1.26. The van der Waals surface area contributed by atoms with Gasteiger partial charge in [-0.15, -0.1) is 0 Å². The first-order chi connectivity index (χ1) is 8.58. The molecule has 1 rings (SSSR count). The lowest BCUT2D eigenvalue weighted by atomic mass is 10.1. The van der Waals surface area contributed by atoms with Crippen molar-refractivity contribution in [2.24, 2.45) is 0 Å². The number of urea groups is 1. The fourth-order valence-electron chi connectivity index (χ4n) is 2.48. The van der Waals surface area contributed by atoms with E-state index in [0.717, 1.165) is 38.5 Å². The van der Waals surface area contributed by atoms with Crippen molar-refractivity contribution in [1.29, 1.82) is 0 Å². The molecule has 0 aromatic carbocycles. The van der Waals surface area contributed by atoms with Crippen LogP contribution in [0.25, 0.3) is 0 Å². The molecule has 1 aliphatic carbocycles. The highest BCUT2D eigenvalue weighted by molar-refractivity contribution is 5.80. The summed E-state index contributed by atoms with van der Waals surface area (Å²) < 4.78 is 0. The van der Waals surface area contributed by atoms with E-state index in [-0.39, 0.29) is 24.7 Å². The summed E-state index contributed by atoms with van der Waals surface area (Å²) in [5.41, 5.74) is 0. The Morgan fingerprint density at radius 1 is 1.28 bits per heavy atom. The molecule has 0 saturated heterocycles. The second-order valence-corrected chi connectivity index (χ2v) is 4.92. The van der Waals surface area contributed by atoms with E-state index in [2.05, 4.69) is 5.32 Å². The number of carbonyl (C=O) groups is 2. The van der Waals surface area contributed by atoms with Crippen LogP contribution < -0.4 is 5.32 Å². The molecule has 1 aliphatic rings. The first-order valence-electron chi connectivity index (χ1n) is 6.87. The van der Waals surface area contributed by atoms with E-state index in [0.29, 0.717) is 0 Å². The maximum absolute atomic E-state index is 12.1. The topological polar surface area (TPSA) is 69.6 Å². The zero-order valence-electron chi connectivity index (χ0n) is 11.3. The van der Waals surface area contributed by atoms with Crippen LogP contribution in [-0.2, 0) is 4.79 Å². The van der Waals surface area contributed by atoms with Gasteiger partial charge in [-0.3, -0.25) is 4.79 Å². The first-order valence-corrected chi connectivity index (χ1v) is 6.87. The molecule has 0 aliphatic heterocycles. The maximum atomic E-state index is 12.1. The van der Waals surface area contributed by atoms with Crippen molar-refractivity contribution >= 4 is 12.0 Å². The minimum Gasteiger partial charge on any atom is -0.480 e. The summed E-state index contributed by atoms with van der Waals surface area (Å²) in [7, 11) is 0. The van der Waals surface area contributed by atoms with Crippen LogP contribution in [0.5, 0.6) is 0 Å². The number of aliphatic carboxylic acids is 1. The standard InChI is InChI=1S/C13H24N2O3/c1-3-10(4-2)14-13(18)15(9-12(16)17)11-7-5-6-8-11/h10-11H,3-9H2,1-2H3,(H,14,18)(H,16,17). The fourth-order valence-corrected chi connectivity index (χ4v) is 2.48. The van der Waals surface area contributed by atoms with Gasteiger partial charge in [0, 0.05) is 12.1 Å². The summed E-state index contributed by atoms with van der Waals surface area (Å²) in [6.45, 7) is 3.84. The van der Waals surface area contributed by atoms with Crippen molar-refractivity contribution in [1.82, 2.24) is 10.2 Å². The molecule has 5 nitrogen and oxygen atoms in total. The van der Waals surface area contributed by atoms with Crippen molar-refractivity contribution < 1.29 is 14.7 Å². The quantitative estimate of drug-likeness (QED) is 0.765. The molecule has 2 amide bonds. The minimum atomic E-state index is -0.943. The van der Waals surface area contributed by atoms with Gasteiger partial charge in [0.2, 0.25) is 0 Å². The van der Waals surface area contributed by atoms with Crippen LogP contribution in [0.15, 0.2) is 0 Å². The third-order valence-electron chi connectivity index (χ3n) is 3.65. The predicted octanol–water partition coefficient (Wildman–Crippen LogP) is 2.21. The SMILES string of the molecule is CCC(CC)NC(=O)N(CC(=O)O)C1CCCC1. The summed E-state index contributed by atoms with van der Waals surface area (Å²) in [6, 6.07) is 0.00339. The molecule has 0 bridgehead atoms. The Balaban J connectivity index is 2.62. The number of nitrogens with one attached hydrogen (secondary N) is 1. The van der Waals surface area contributed by atoms with E-state index < -0.39 is 5.97 Å². The number of carboxylic acid groups (broad SMARTS) is 1. The third kappa shape index (κ3) is 4.20. The van der Waals surface area contributed by atoms with Gasteiger partial charge in [0.15, 0.2) is 0 Å². The Kier molecular flexibility index (Phi) is 5.95. The van der Waals surface area contributed by atoms with Gasteiger partial charge in [-0.1, -0.05) is 26.7 Å². The van der Waals surface area contributed by atoms with Crippen molar-refractivity contribution in [2.75, 3.05) is 6.54 Å². The normalized spacial score (nSPS) is 15.9. The number of nitrogens with zero attached hydrogens (tertiary/aromatic N) is 1. The summed E-state index contributed by atoms with van der Waals surface area (Å²) in [6.07, 6.45) is 5.74. The van der Waals surface area contributed by atoms with Crippen LogP contribution in [0.3, 0.4) is 0 Å².